The van der Waals surface area contributed by atoms with Crippen LogP contribution in [0.5, 0.6) is 0 Å². The zero-order valence-electron chi connectivity index (χ0n) is 16.1. The first-order valence-corrected chi connectivity index (χ1v) is 8.97. The molecule has 3 aliphatic carbocycles. The van der Waals surface area contributed by atoms with E-state index in [1.165, 1.54) is 14.2 Å². The Morgan fingerprint density at radius 3 is 1.89 bits per heavy atom. The van der Waals surface area contributed by atoms with Gasteiger partial charge in [-0.2, -0.15) is 0 Å². The molecule has 2 aromatic carbocycles. The van der Waals surface area contributed by atoms with Crippen LogP contribution < -0.4 is 0 Å². The SMILES string of the molecule is [2H][C@H]1O[C@]1(C(=O)OC)[C@@]1(C(=O)OC)CC2c3ccccc3C1c1ccccc12. The molecule has 1 fully saturated rings. The smallest absolute Gasteiger partial charge is 0.341 e. The number of carbonyl (C=O) groups excluding carboxylic acids is 2. The van der Waals surface area contributed by atoms with Crippen molar-refractivity contribution in [1.29, 1.82) is 0 Å². The Balaban J connectivity index is 1.84. The number of hydrogen-bond donors (Lipinski definition) is 0. The zero-order valence-corrected chi connectivity index (χ0v) is 15.1. The van der Waals surface area contributed by atoms with Gasteiger partial charge in [0.2, 0.25) is 5.60 Å². The molecule has 0 saturated carbocycles. The lowest BCUT2D eigenvalue weighted by atomic mass is 9.48. The van der Waals surface area contributed by atoms with E-state index >= 15 is 0 Å². The molecule has 4 aliphatic rings. The average Bonchev–Trinajstić information content (AvgIpc) is 3.44. The van der Waals surface area contributed by atoms with Crippen LogP contribution in [-0.2, 0) is 23.8 Å². The molecule has 27 heavy (non-hydrogen) atoms. The third-order valence-electron chi connectivity index (χ3n) is 6.44. The molecule has 5 nitrogen and oxygen atoms in total. The van der Waals surface area contributed by atoms with Gasteiger partial charge in [0.1, 0.15) is 5.41 Å². The number of rotatable bonds is 3. The Bertz CT molecular complexity index is 956. The van der Waals surface area contributed by atoms with E-state index in [1.54, 1.807) is 0 Å². The molecule has 0 spiro atoms. The first-order chi connectivity index (χ1) is 13.5. The fourth-order valence-electron chi connectivity index (χ4n) is 5.31. The van der Waals surface area contributed by atoms with Gasteiger partial charge in [0.05, 0.1) is 22.2 Å². The molecule has 0 N–H and O–H groups in total. The van der Waals surface area contributed by atoms with Gasteiger partial charge in [-0.3, -0.25) is 4.79 Å². The molecule has 2 aromatic rings. The predicted molar refractivity (Wildman–Crippen MR) is 96.3 cm³/mol. The van der Waals surface area contributed by atoms with Gasteiger partial charge in [0, 0.05) is 11.8 Å². The number of methoxy groups -OCH3 is 2. The topological polar surface area (TPSA) is 65.1 Å². The molecule has 1 saturated heterocycles. The van der Waals surface area contributed by atoms with Gasteiger partial charge in [-0.15, -0.1) is 0 Å². The van der Waals surface area contributed by atoms with Crippen molar-refractivity contribution in [3.05, 3.63) is 70.8 Å². The fraction of sp³-hybridized carbons (Fsp3) is 0.364. The molecule has 0 amide bonds. The molecular formula is C22H20O5. The van der Waals surface area contributed by atoms with Crippen LogP contribution in [0.15, 0.2) is 48.5 Å². The lowest BCUT2D eigenvalue weighted by Crippen LogP contribution is -2.59. The van der Waals surface area contributed by atoms with E-state index in [1.807, 2.05) is 36.4 Å². The average molecular weight is 365 g/mol. The van der Waals surface area contributed by atoms with E-state index < -0.39 is 35.5 Å². The second-order valence-corrected chi connectivity index (χ2v) is 7.37. The molecular weight excluding hydrogens is 344 g/mol. The molecule has 0 aromatic heterocycles. The summed E-state index contributed by atoms with van der Waals surface area (Å²) in [6.45, 7) is -1.17. The minimum atomic E-state index is -1.67. The van der Waals surface area contributed by atoms with Crippen LogP contribution in [0.4, 0.5) is 0 Å². The van der Waals surface area contributed by atoms with Crippen LogP contribution in [0.25, 0.3) is 0 Å². The van der Waals surface area contributed by atoms with Crippen molar-refractivity contribution >= 4 is 11.9 Å². The second-order valence-electron chi connectivity index (χ2n) is 7.37. The van der Waals surface area contributed by atoms with Crippen molar-refractivity contribution in [2.75, 3.05) is 20.8 Å². The minimum Gasteiger partial charge on any atom is -0.468 e. The van der Waals surface area contributed by atoms with Crippen molar-refractivity contribution in [1.82, 2.24) is 0 Å². The van der Waals surface area contributed by atoms with Gasteiger partial charge in [-0.1, -0.05) is 48.5 Å². The summed E-state index contributed by atoms with van der Waals surface area (Å²) in [4.78, 5) is 26.2. The normalized spacial score (nSPS) is 35.5. The highest BCUT2D eigenvalue weighted by Gasteiger charge is 2.77. The maximum atomic E-state index is 13.4. The molecule has 6 rings (SSSR count). The molecule has 138 valence electrons. The summed E-state index contributed by atoms with van der Waals surface area (Å²) < 4.78 is 24.1. The number of fused-ring (bicyclic) bond motifs is 1. The van der Waals surface area contributed by atoms with E-state index in [0.717, 1.165) is 22.3 Å². The van der Waals surface area contributed by atoms with Crippen LogP contribution in [0.1, 0.15) is 41.9 Å². The summed E-state index contributed by atoms with van der Waals surface area (Å²) in [6, 6.07) is 16.0. The van der Waals surface area contributed by atoms with Crippen LogP contribution in [0.3, 0.4) is 0 Å². The van der Waals surface area contributed by atoms with Crippen molar-refractivity contribution in [2.24, 2.45) is 5.41 Å². The van der Waals surface area contributed by atoms with Gasteiger partial charge in [-0.05, 0) is 28.7 Å². The number of hydrogen-bond acceptors (Lipinski definition) is 5. The van der Waals surface area contributed by atoms with Crippen molar-refractivity contribution in [3.8, 4) is 0 Å². The highest BCUT2D eigenvalue weighted by molar-refractivity contribution is 5.95. The Kier molecular flexibility index (Phi) is 3.09. The summed E-state index contributed by atoms with van der Waals surface area (Å²) in [6.07, 6.45) is 0.336. The molecule has 5 heteroatoms. The molecule has 3 atom stereocenters. The lowest BCUT2D eigenvalue weighted by Gasteiger charge is -2.53. The van der Waals surface area contributed by atoms with Crippen LogP contribution in [0.2, 0.25) is 0 Å². The second kappa shape index (κ2) is 5.42. The molecule has 1 heterocycles. The lowest BCUT2D eigenvalue weighted by molar-refractivity contribution is -0.172. The summed E-state index contributed by atoms with van der Waals surface area (Å²) in [5, 5.41) is 0. The van der Waals surface area contributed by atoms with Gasteiger partial charge >= 0.3 is 11.9 Å². The summed E-state index contributed by atoms with van der Waals surface area (Å²) in [5.74, 6) is -1.77. The van der Waals surface area contributed by atoms with Crippen LogP contribution >= 0.6 is 0 Å². The minimum absolute atomic E-state index is 0.0885. The highest BCUT2D eigenvalue weighted by atomic mass is 16.6. The standard InChI is InChI=1S/C22H20O5/c1-25-19(23)21(22(12-27-22)20(24)26-2)11-17-13-7-3-5-9-15(13)18(21)16-10-6-4-8-14(16)17/h3-10,17-18H,11-12H2,1-2H3/t17?,18?,21-,22+/m0/s1/i12D/t12-,17?,18?,21+,22-/m1. The molecule has 1 aliphatic heterocycles. The van der Waals surface area contributed by atoms with E-state index in [2.05, 4.69) is 12.1 Å². The monoisotopic (exact) mass is 365 g/mol. The first kappa shape index (κ1) is 15.4. The Morgan fingerprint density at radius 2 is 1.44 bits per heavy atom. The Morgan fingerprint density at radius 1 is 0.963 bits per heavy atom. The van der Waals surface area contributed by atoms with Crippen LogP contribution in [0, 0.1) is 5.41 Å². The first-order valence-electron chi connectivity index (χ1n) is 9.55. The summed E-state index contributed by atoms with van der Waals surface area (Å²) in [7, 11) is 2.57. The number of ether oxygens (including phenoxy) is 3. The zero-order chi connectivity index (χ0) is 19.7. The molecule has 2 bridgehead atoms. The molecule has 0 radical (unpaired) electrons. The summed E-state index contributed by atoms with van der Waals surface area (Å²) >= 11 is 0. The quantitative estimate of drug-likeness (QED) is 0.618. The maximum Gasteiger partial charge on any atom is 0.341 e. The van der Waals surface area contributed by atoms with E-state index in [9.17, 15) is 9.59 Å². The van der Waals surface area contributed by atoms with Crippen molar-refractivity contribution < 1.29 is 25.2 Å². The van der Waals surface area contributed by atoms with Gasteiger partial charge in [0.25, 0.3) is 0 Å². The number of carbonyl (C=O) groups is 2. The van der Waals surface area contributed by atoms with Gasteiger partial charge in [-0.25, -0.2) is 4.79 Å². The maximum absolute atomic E-state index is 13.4. The van der Waals surface area contributed by atoms with E-state index in [-0.39, 0.29) is 5.92 Å². The third kappa shape index (κ3) is 1.82. The van der Waals surface area contributed by atoms with Crippen LogP contribution in [-0.4, -0.2) is 38.3 Å². The fourth-order valence-corrected chi connectivity index (χ4v) is 5.31. The highest BCUT2D eigenvalue weighted by Crippen LogP contribution is 2.68. The van der Waals surface area contributed by atoms with Crippen molar-refractivity contribution in [3.63, 3.8) is 0 Å². The summed E-state index contributed by atoms with van der Waals surface area (Å²) in [5.41, 5.74) is 1.23. The van der Waals surface area contributed by atoms with E-state index in [4.69, 9.17) is 15.6 Å². The van der Waals surface area contributed by atoms with E-state index in [0.29, 0.717) is 6.42 Å². The number of benzene rings is 2. The third-order valence-corrected chi connectivity index (χ3v) is 6.44. The van der Waals surface area contributed by atoms with Gasteiger partial charge in [0.15, 0.2) is 0 Å². The number of epoxide rings is 1. The number of esters is 2. The Labute approximate surface area is 158 Å². The Hall–Kier alpha value is -2.66. The predicted octanol–water partition coefficient (Wildman–Crippen LogP) is 2.77. The molecule has 0 unspecified atom stereocenters. The van der Waals surface area contributed by atoms with Gasteiger partial charge < -0.3 is 14.2 Å². The largest absolute Gasteiger partial charge is 0.468 e. The van der Waals surface area contributed by atoms with Crippen molar-refractivity contribution in [2.45, 2.75) is 23.9 Å².